The van der Waals surface area contributed by atoms with Gasteiger partial charge >= 0.3 is 0 Å². The molecule has 1 aliphatic rings. The third-order valence-corrected chi connectivity index (χ3v) is 4.07. The predicted molar refractivity (Wildman–Crippen MR) is 76.4 cm³/mol. The Morgan fingerprint density at radius 2 is 1.88 bits per heavy atom. The molecular formula is C15H32N2. The van der Waals surface area contributed by atoms with Gasteiger partial charge in [0, 0.05) is 19.1 Å². The fourth-order valence-electron chi connectivity index (χ4n) is 2.74. The highest BCUT2D eigenvalue weighted by atomic mass is 15.0. The van der Waals surface area contributed by atoms with E-state index in [0.29, 0.717) is 0 Å². The molecule has 0 heterocycles. The van der Waals surface area contributed by atoms with Gasteiger partial charge in [0.25, 0.3) is 0 Å². The Labute approximate surface area is 108 Å². The van der Waals surface area contributed by atoms with E-state index in [4.69, 9.17) is 0 Å². The van der Waals surface area contributed by atoms with E-state index in [1.54, 1.807) is 0 Å². The van der Waals surface area contributed by atoms with Crippen molar-refractivity contribution in [3.63, 3.8) is 0 Å². The molecule has 0 saturated heterocycles. The monoisotopic (exact) mass is 240 g/mol. The minimum atomic E-state index is 0.818. The molecule has 0 amide bonds. The first-order valence-electron chi connectivity index (χ1n) is 7.80. The first-order valence-corrected chi connectivity index (χ1v) is 7.80. The molecular weight excluding hydrogens is 208 g/mol. The Bertz CT molecular complexity index is 164. The quantitative estimate of drug-likeness (QED) is 0.572. The van der Waals surface area contributed by atoms with Crippen LogP contribution in [0.25, 0.3) is 0 Å². The summed E-state index contributed by atoms with van der Waals surface area (Å²) < 4.78 is 0. The maximum Gasteiger partial charge on any atom is 0.00793 e. The summed E-state index contributed by atoms with van der Waals surface area (Å²) in [6.07, 6.45) is 11.1. The van der Waals surface area contributed by atoms with Crippen LogP contribution in [0, 0.1) is 5.92 Å². The smallest absolute Gasteiger partial charge is 0.00793 e. The van der Waals surface area contributed by atoms with Crippen LogP contribution in [-0.2, 0) is 0 Å². The number of hydrogen-bond donors (Lipinski definition) is 2. The summed E-state index contributed by atoms with van der Waals surface area (Å²) in [6, 6.07) is 0.818. The van der Waals surface area contributed by atoms with E-state index in [-0.39, 0.29) is 0 Å². The van der Waals surface area contributed by atoms with Crippen molar-refractivity contribution in [2.45, 2.75) is 71.3 Å². The fourth-order valence-corrected chi connectivity index (χ4v) is 2.74. The first kappa shape index (κ1) is 15.0. The Morgan fingerprint density at radius 1 is 1.12 bits per heavy atom. The molecule has 1 unspecified atom stereocenters. The number of unbranched alkanes of at least 4 members (excludes halogenated alkanes) is 1. The molecule has 1 saturated carbocycles. The van der Waals surface area contributed by atoms with Crippen molar-refractivity contribution >= 4 is 0 Å². The zero-order valence-corrected chi connectivity index (χ0v) is 11.9. The third kappa shape index (κ3) is 7.05. The molecule has 2 nitrogen and oxygen atoms in total. The van der Waals surface area contributed by atoms with Gasteiger partial charge in [-0.05, 0) is 31.7 Å². The lowest BCUT2D eigenvalue weighted by Gasteiger charge is -2.16. The van der Waals surface area contributed by atoms with Crippen molar-refractivity contribution in [2.24, 2.45) is 5.92 Å². The Hall–Kier alpha value is -0.0800. The number of rotatable bonds is 10. The van der Waals surface area contributed by atoms with Crippen LogP contribution < -0.4 is 10.6 Å². The summed E-state index contributed by atoms with van der Waals surface area (Å²) in [4.78, 5) is 0. The van der Waals surface area contributed by atoms with E-state index in [2.05, 4.69) is 24.5 Å². The second-order valence-electron chi connectivity index (χ2n) is 5.56. The highest BCUT2D eigenvalue weighted by Gasteiger charge is 2.13. The van der Waals surface area contributed by atoms with Crippen LogP contribution >= 0.6 is 0 Å². The first-order chi connectivity index (χ1) is 8.36. The zero-order chi connectivity index (χ0) is 12.3. The Morgan fingerprint density at radius 3 is 2.53 bits per heavy atom. The summed E-state index contributed by atoms with van der Waals surface area (Å²) in [5, 5.41) is 7.26. The summed E-state index contributed by atoms with van der Waals surface area (Å²) in [5.41, 5.74) is 0. The average Bonchev–Trinajstić information content (AvgIpc) is 2.85. The van der Waals surface area contributed by atoms with Crippen molar-refractivity contribution in [1.29, 1.82) is 0 Å². The van der Waals surface area contributed by atoms with Gasteiger partial charge in [-0.25, -0.2) is 0 Å². The van der Waals surface area contributed by atoms with Crippen molar-refractivity contribution in [2.75, 3.05) is 19.6 Å². The molecule has 1 aliphatic carbocycles. The minimum Gasteiger partial charge on any atom is -0.315 e. The normalized spacial score (nSPS) is 18.7. The van der Waals surface area contributed by atoms with Crippen molar-refractivity contribution in [3.8, 4) is 0 Å². The molecule has 0 spiro atoms. The van der Waals surface area contributed by atoms with E-state index in [9.17, 15) is 0 Å². The number of hydrogen-bond acceptors (Lipinski definition) is 2. The van der Waals surface area contributed by atoms with Crippen LogP contribution in [0.1, 0.15) is 65.2 Å². The fraction of sp³-hybridized carbons (Fsp3) is 1.00. The van der Waals surface area contributed by atoms with Crippen LogP contribution in [0.3, 0.4) is 0 Å². The van der Waals surface area contributed by atoms with Gasteiger partial charge in [-0.3, -0.25) is 0 Å². The molecule has 17 heavy (non-hydrogen) atoms. The highest BCUT2D eigenvalue weighted by molar-refractivity contribution is 4.73. The minimum absolute atomic E-state index is 0.818. The van der Waals surface area contributed by atoms with Gasteiger partial charge < -0.3 is 10.6 Å². The number of nitrogens with one attached hydrogen (secondary N) is 2. The van der Waals surface area contributed by atoms with Crippen LogP contribution in [0.4, 0.5) is 0 Å². The van der Waals surface area contributed by atoms with E-state index in [1.807, 2.05) is 0 Å². The van der Waals surface area contributed by atoms with Gasteiger partial charge in [0.15, 0.2) is 0 Å². The van der Waals surface area contributed by atoms with E-state index >= 15 is 0 Å². The molecule has 2 N–H and O–H groups in total. The lowest BCUT2D eigenvalue weighted by atomic mass is 9.99. The molecule has 102 valence electrons. The van der Waals surface area contributed by atoms with Crippen molar-refractivity contribution in [3.05, 3.63) is 0 Å². The molecule has 0 radical (unpaired) electrons. The lowest BCUT2D eigenvalue weighted by molar-refractivity contribution is 0.413. The topological polar surface area (TPSA) is 24.1 Å². The molecule has 0 aromatic heterocycles. The van der Waals surface area contributed by atoms with E-state index < -0.39 is 0 Å². The maximum absolute atomic E-state index is 3.65. The summed E-state index contributed by atoms with van der Waals surface area (Å²) in [6.45, 7) is 8.10. The van der Waals surface area contributed by atoms with Gasteiger partial charge in [0.05, 0.1) is 0 Å². The zero-order valence-electron chi connectivity index (χ0n) is 11.9. The molecule has 0 aliphatic heterocycles. The second-order valence-corrected chi connectivity index (χ2v) is 5.56. The second kappa shape index (κ2) is 9.90. The van der Waals surface area contributed by atoms with Crippen LogP contribution in [-0.4, -0.2) is 25.7 Å². The van der Waals surface area contributed by atoms with Gasteiger partial charge in [0.2, 0.25) is 0 Å². The van der Waals surface area contributed by atoms with Crippen molar-refractivity contribution in [1.82, 2.24) is 10.6 Å². The molecule has 0 aromatic rings. The third-order valence-electron chi connectivity index (χ3n) is 4.07. The average molecular weight is 240 g/mol. The van der Waals surface area contributed by atoms with Crippen LogP contribution in [0.5, 0.6) is 0 Å². The summed E-state index contributed by atoms with van der Waals surface area (Å²) in [7, 11) is 0. The molecule has 1 rings (SSSR count). The Kier molecular flexibility index (Phi) is 8.72. The highest BCUT2D eigenvalue weighted by Crippen LogP contribution is 2.17. The van der Waals surface area contributed by atoms with Crippen LogP contribution in [0.2, 0.25) is 0 Å². The largest absolute Gasteiger partial charge is 0.315 e. The standard InChI is InChI=1S/C15H32N2/c1-3-5-8-14(4-2)13-16-11-12-17-15-9-6-7-10-15/h14-17H,3-13H2,1-2H3. The molecule has 2 heteroatoms. The molecule has 1 fully saturated rings. The van der Waals surface area contributed by atoms with Crippen LogP contribution in [0.15, 0.2) is 0 Å². The van der Waals surface area contributed by atoms with E-state index in [1.165, 1.54) is 57.9 Å². The molecule has 0 bridgehead atoms. The maximum atomic E-state index is 3.65. The lowest BCUT2D eigenvalue weighted by Crippen LogP contribution is -2.35. The van der Waals surface area contributed by atoms with Gasteiger partial charge in [-0.2, -0.15) is 0 Å². The van der Waals surface area contributed by atoms with Crippen molar-refractivity contribution < 1.29 is 0 Å². The van der Waals surface area contributed by atoms with Gasteiger partial charge in [-0.1, -0.05) is 46.0 Å². The molecule has 0 aromatic carbocycles. The summed E-state index contributed by atoms with van der Waals surface area (Å²) in [5.74, 6) is 0.890. The SMILES string of the molecule is CCCCC(CC)CNCCNC1CCCC1. The van der Waals surface area contributed by atoms with Gasteiger partial charge in [-0.15, -0.1) is 0 Å². The molecule has 1 atom stereocenters. The predicted octanol–water partition coefficient (Wildman–Crippen LogP) is 3.32. The van der Waals surface area contributed by atoms with Gasteiger partial charge in [0.1, 0.15) is 0 Å². The Balaban J connectivity index is 1.90. The summed E-state index contributed by atoms with van der Waals surface area (Å²) >= 11 is 0. The van der Waals surface area contributed by atoms with E-state index in [0.717, 1.165) is 25.0 Å².